The van der Waals surface area contributed by atoms with Crippen LogP contribution in [0.25, 0.3) is 10.9 Å². The number of para-hydroxylation sites is 2. The third-order valence-electron chi connectivity index (χ3n) is 3.52. The first-order valence-corrected chi connectivity index (χ1v) is 7.69. The second-order valence-corrected chi connectivity index (χ2v) is 5.89. The molecule has 118 valence electrons. The van der Waals surface area contributed by atoms with Crippen LogP contribution in [0.15, 0.2) is 48.5 Å². The number of aromatic amines is 1. The quantitative estimate of drug-likeness (QED) is 0.744. The van der Waals surface area contributed by atoms with Crippen molar-refractivity contribution in [3.8, 4) is 5.75 Å². The van der Waals surface area contributed by atoms with Gasteiger partial charge in [-0.25, -0.2) is 0 Å². The summed E-state index contributed by atoms with van der Waals surface area (Å²) in [4.78, 5) is 15.7. The summed E-state index contributed by atoms with van der Waals surface area (Å²) in [7, 11) is 0. The van der Waals surface area contributed by atoms with E-state index < -0.39 is 0 Å². The Morgan fingerprint density at radius 3 is 2.70 bits per heavy atom. The van der Waals surface area contributed by atoms with Crippen molar-refractivity contribution in [2.75, 3.05) is 5.32 Å². The number of aromatic nitrogens is 1. The summed E-state index contributed by atoms with van der Waals surface area (Å²) >= 11 is 0. The monoisotopic (exact) mass is 308 g/mol. The number of amides is 1. The molecule has 0 atom stereocenters. The summed E-state index contributed by atoms with van der Waals surface area (Å²) in [5.74, 6) is 0.487. The average molecular weight is 308 g/mol. The molecular formula is C19H20N2O2. The Hall–Kier alpha value is -2.75. The van der Waals surface area contributed by atoms with Crippen molar-refractivity contribution in [3.63, 3.8) is 0 Å². The lowest BCUT2D eigenvalue weighted by atomic mass is 10.2. The highest BCUT2D eigenvalue weighted by molar-refractivity contribution is 6.06. The number of rotatable bonds is 4. The summed E-state index contributed by atoms with van der Waals surface area (Å²) in [5.41, 5.74) is 3.31. The minimum atomic E-state index is -0.182. The van der Waals surface area contributed by atoms with E-state index in [1.54, 1.807) is 0 Å². The minimum absolute atomic E-state index is 0.0455. The number of carbonyl (C=O) groups excluding carboxylic acids is 1. The van der Waals surface area contributed by atoms with Crippen molar-refractivity contribution in [1.82, 2.24) is 4.98 Å². The van der Waals surface area contributed by atoms with Crippen LogP contribution in [0.5, 0.6) is 5.75 Å². The Kier molecular flexibility index (Phi) is 4.06. The highest BCUT2D eigenvalue weighted by Crippen LogP contribution is 2.26. The molecule has 0 spiro atoms. The normalized spacial score (nSPS) is 11.0. The van der Waals surface area contributed by atoms with E-state index in [4.69, 9.17) is 4.74 Å². The maximum absolute atomic E-state index is 12.5. The van der Waals surface area contributed by atoms with Crippen molar-refractivity contribution in [3.05, 3.63) is 59.8 Å². The number of hydrogen-bond donors (Lipinski definition) is 2. The number of nitrogens with one attached hydrogen (secondary N) is 2. The molecule has 0 aliphatic heterocycles. The molecule has 0 saturated heterocycles. The van der Waals surface area contributed by atoms with Crippen molar-refractivity contribution in [1.29, 1.82) is 0 Å². The van der Waals surface area contributed by atoms with Crippen LogP contribution in [-0.4, -0.2) is 17.0 Å². The molecule has 1 amide bonds. The maximum Gasteiger partial charge on any atom is 0.272 e. The molecule has 1 aromatic heterocycles. The molecule has 0 fully saturated rings. The van der Waals surface area contributed by atoms with E-state index in [1.807, 2.05) is 69.3 Å². The molecule has 0 bridgehead atoms. The van der Waals surface area contributed by atoms with Gasteiger partial charge in [-0.2, -0.15) is 0 Å². The molecule has 0 aliphatic rings. The van der Waals surface area contributed by atoms with Crippen molar-refractivity contribution >= 4 is 22.5 Å². The Balaban J connectivity index is 1.86. The van der Waals surface area contributed by atoms with Gasteiger partial charge in [0.05, 0.1) is 11.8 Å². The van der Waals surface area contributed by atoms with Gasteiger partial charge in [0.1, 0.15) is 11.4 Å². The number of fused-ring (bicyclic) bond motifs is 1. The SMILES string of the molecule is Cc1ccc2cc(C(=O)Nc3ccccc3OC(C)C)[nH]c2c1. The molecule has 0 radical (unpaired) electrons. The van der Waals surface area contributed by atoms with E-state index in [2.05, 4.69) is 10.3 Å². The number of ether oxygens (including phenoxy) is 1. The number of aryl methyl sites for hydroxylation is 1. The van der Waals surface area contributed by atoms with Gasteiger partial charge in [-0.15, -0.1) is 0 Å². The van der Waals surface area contributed by atoms with Gasteiger partial charge in [-0.1, -0.05) is 24.3 Å². The molecule has 2 N–H and O–H groups in total. The Labute approximate surface area is 135 Å². The van der Waals surface area contributed by atoms with Crippen LogP contribution in [0.1, 0.15) is 29.9 Å². The first-order chi connectivity index (χ1) is 11.0. The van der Waals surface area contributed by atoms with E-state index >= 15 is 0 Å². The average Bonchev–Trinajstić information content (AvgIpc) is 2.92. The van der Waals surface area contributed by atoms with E-state index in [1.165, 1.54) is 0 Å². The fraction of sp³-hybridized carbons (Fsp3) is 0.211. The highest BCUT2D eigenvalue weighted by atomic mass is 16.5. The molecule has 0 unspecified atom stereocenters. The minimum Gasteiger partial charge on any atom is -0.489 e. The van der Waals surface area contributed by atoms with Gasteiger partial charge >= 0.3 is 0 Å². The molecule has 4 heteroatoms. The van der Waals surface area contributed by atoms with E-state index in [0.717, 1.165) is 16.5 Å². The molecule has 0 aliphatic carbocycles. The third-order valence-corrected chi connectivity index (χ3v) is 3.52. The Morgan fingerprint density at radius 1 is 1.13 bits per heavy atom. The summed E-state index contributed by atoms with van der Waals surface area (Å²) in [6.45, 7) is 5.94. The van der Waals surface area contributed by atoms with E-state index in [-0.39, 0.29) is 12.0 Å². The Bertz CT molecular complexity index is 849. The van der Waals surface area contributed by atoms with E-state index in [0.29, 0.717) is 17.1 Å². The number of hydrogen-bond acceptors (Lipinski definition) is 2. The summed E-state index contributed by atoms with van der Waals surface area (Å²) < 4.78 is 5.73. The number of benzene rings is 2. The Morgan fingerprint density at radius 2 is 1.91 bits per heavy atom. The smallest absolute Gasteiger partial charge is 0.272 e. The third kappa shape index (κ3) is 3.37. The second kappa shape index (κ2) is 6.16. The summed E-state index contributed by atoms with van der Waals surface area (Å²) in [6, 6.07) is 15.4. The summed E-state index contributed by atoms with van der Waals surface area (Å²) in [6.07, 6.45) is 0.0455. The van der Waals surface area contributed by atoms with Crippen LogP contribution in [0, 0.1) is 6.92 Å². The molecule has 3 aromatic rings. The zero-order valence-corrected chi connectivity index (χ0v) is 13.5. The predicted molar refractivity (Wildman–Crippen MR) is 93.2 cm³/mol. The number of carbonyl (C=O) groups is 1. The molecular weight excluding hydrogens is 288 g/mol. The van der Waals surface area contributed by atoms with Gasteiger partial charge in [-0.05, 0) is 50.6 Å². The van der Waals surface area contributed by atoms with E-state index in [9.17, 15) is 4.79 Å². The van der Waals surface area contributed by atoms with Crippen LogP contribution >= 0.6 is 0 Å². The van der Waals surface area contributed by atoms with Gasteiger partial charge in [-0.3, -0.25) is 4.79 Å². The molecule has 23 heavy (non-hydrogen) atoms. The number of anilines is 1. The summed E-state index contributed by atoms with van der Waals surface area (Å²) in [5, 5.41) is 3.93. The van der Waals surface area contributed by atoms with Gasteiger partial charge in [0.25, 0.3) is 5.91 Å². The largest absolute Gasteiger partial charge is 0.489 e. The molecule has 4 nitrogen and oxygen atoms in total. The zero-order valence-electron chi connectivity index (χ0n) is 13.5. The van der Waals surface area contributed by atoms with Crippen LogP contribution in [-0.2, 0) is 0 Å². The van der Waals surface area contributed by atoms with Gasteiger partial charge in [0.15, 0.2) is 0 Å². The van der Waals surface area contributed by atoms with Crippen LogP contribution < -0.4 is 10.1 Å². The van der Waals surface area contributed by atoms with Gasteiger partial charge < -0.3 is 15.0 Å². The standard InChI is InChI=1S/C19H20N2O2/c1-12(2)23-18-7-5-4-6-15(18)21-19(22)17-11-14-9-8-13(3)10-16(14)20-17/h4-12,20H,1-3H3,(H,21,22). The number of H-pyrrole nitrogens is 1. The highest BCUT2D eigenvalue weighted by Gasteiger charge is 2.13. The van der Waals surface area contributed by atoms with Crippen molar-refractivity contribution in [2.24, 2.45) is 0 Å². The molecule has 1 heterocycles. The first-order valence-electron chi connectivity index (χ1n) is 7.69. The fourth-order valence-corrected chi connectivity index (χ4v) is 2.48. The first kappa shape index (κ1) is 15.2. The van der Waals surface area contributed by atoms with Crippen molar-refractivity contribution < 1.29 is 9.53 Å². The fourth-order valence-electron chi connectivity index (χ4n) is 2.48. The van der Waals surface area contributed by atoms with Gasteiger partial charge in [0.2, 0.25) is 0 Å². The topological polar surface area (TPSA) is 54.1 Å². The lowest BCUT2D eigenvalue weighted by molar-refractivity contribution is 0.102. The van der Waals surface area contributed by atoms with Crippen LogP contribution in [0.3, 0.4) is 0 Å². The van der Waals surface area contributed by atoms with Crippen molar-refractivity contribution in [2.45, 2.75) is 26.9 Å². The van der Waals surface area contributed by atoms with Crippen LogP contribution in [0.4, 0.5) is 5.69 Å². The predicted octanol–water partition coefficient (Wildman–Crippen LogP) is 4.52. The molecule has 3 rings (SSSR count). The second-order valence-electron chi connectivity index (χ2n) is 5.89. The van der Waals surface area contributed by atoms with Crippen LogP contribution in [0.2, 0.25) is 0 Å². The lowest BCUT2D eigenvalue weighted by Gasteiger charge is -2.14. The molecule has 0 saturated carbocycles. The lowest BCUT2D eigenvalue weighted by Crippen LogP contribution is -2.14. The maximum atomic E-state index is 12.5. The van der Waals surface area contributed by atoms with Gasteiger partial charge in [0, 0.05) is 10.9 Å². The molecule has 2 aromatic carbocycles. The zero-order chi connectivity index (χ0) is 16.4.